The van der Waals surface area contributed by atoms with Gasteiger partial charge in [-0.25, -0.2) is 4.98 Å². The van der Waals surface area contributed by atoms with Crippen LogP contribution < -0.4 is 9.80 Å². The number of carboxylic acids is 1. The van der Waals surface area contributed by atoms with E-state index in [1.54, 1.807) is 0 Å². The van der Waals surface area contributed by atoms with Crippen molar-refractivity contribution in [3.8, 4) is 0 Å². The van der Waals surface area contributed by atoms with E-state index < -0.39 is 5.97 Å². The van der Waals surface area contributed by atoms with Crippen LogP contribution in [-0.4, -0.2) is 48.2 Å². The van der Waals surface area contributed by atoms with Gasteiger partial charge in [0.05, 0.1) is 11.6 Å². The van der Waals surface area contributed by atoms with E-state index in [0.717, 1.165) is 24.5 Å². The Hall–Kier alpha value is -1.85. The maximum Gasteiger partial charge on any atom is 0.308 e. The van der Waals surface area contributed by atoms with Crippen molar-refractivity contribution >= 4 is 17.7 Å². The molecule has 2 rings (SSSR count). The lowest BCUT2D eigenvalue weighted by Crippen LogP contribution is -2.43. The molecule has 0 amide bonds. The first-order valence-corrected chi connectivity index (χ1v) is 7.83. The molecule has 22 heavy (non-hydrogen) atoms. The van der Waals surface area contributed by atoms with Gasteiger partial charge in [0.1, 0.15) is 5.82 Å². The third-order valence-corrected chi connectivity index (χ3v) is 4.31. The van der Waals surface area contributed by atoms with Crippen molar-refractivity contribution in [2.24, 2.45) is 11.8 Å². The molecular weight excluding hydrogens is 280 g/mol. The number of aliphatic carboxylic acids is 1. The first-order valence-electron chi connectivity index (χ1n) is 7.83. The molecule has 2 unspecified atom stereocenters. The Labute approximate surface area is 132 Å². The fourth-order valence-electron chi connectivity index (χ4n) is 2.70. The van der Waals surface area contributed by atoms with Crippen LogP contribution in [-0.2, 0) is 4.79 Å². The minimum Gasteiger partial charge on any atom is -0.481 e. The second-order valence-electron chi connectivity index (χ2n) is 6.66. The minimum atomic E-state index is -0.719. The van der Waals surface area contributed by atoms with Gasteiger partial charge in [0.25, 0.3) is 0 Å². The smallest absolute Gasteiger partial charge is 0.308 e. The average molecular weight is 306 g/mol. The van der Waals surface area contributed by atoms with E-state index in [1.807, 2.05) is 32.0 Å². The third kappa shape index (κ3) is 3.48. The fourth-order valence-corrected chi connectivity index (χ4v) is 2.70. The molecule has 1 aliphatic heterocycles. The molecule has 0 bridgehead atoms. The Morgan fingerprint density at radius 3 is 2.64 bits per heavy atom. The normalized spacial score (nSPS) is 22.0. The molecule has 2 atom stereocenters. The van der Waals surface area contributed by atoms with E-state index in [-0.39, 0.29) is 11.8 Å². The molecule has 2 heterocycles. The summed E-state index contributed by atoms with van der Waals surface area (Å²) in [5.41, 5.74) is 0.985. The number of anilines is 2. The Kier molecular flexibility index (Phi) is 4.88. The SMILES string of the molecule is CC(C)c1cc(N2CCC(C)C(C(=O)O)C2)nc(N(C)C)n1. The molecule has 1 aromatic rings. The molecule has 122 valence electrons. The summed E-state index contributed by atoms with van der Waals surface area (Å²) in [6.07, 6.45) is 0.870. The molecule has 0 radical (unpaired) electrons. The van der Waals surface area contributed by atoms with Gasteiger partial charge in [-0.05, 0) is 18.3 Å². The number of aromatic nitrogens is 2. The van der Waals surface area contributed by atoms with E-state index in [2.05, 4.69) is 28.7 Å². The Morgan fingerprint density at radius 1 is 1.41 bits per heavy atom. The lowest BCUT2D eigenvalue weighted by molar-refractivity contribution is -0.143. The van der Waals surface area contributed by atoms with Gasteiger partial charge in [-0.15, -0.1) is 0 Å². The van der Waals surface area contributed by atoms with E-state index in [9.17, 15) is 9.90 Å². The van der Waals surface area contributed by atoms with Crippen molar-refractivity contribution in [3.05, 3.63) is 11.8 Å². The van der Waals surface area contributed by atoms with Crippen LogP contribution in [0, 0.1) is 11.8 Å². The Balaban J connectivity index is 2.33. The predicted octanol–water partition coefficient (Wildman–Crippen LogP) is 2.21. The fraction of sp³-hybridized carbons (Fsp3) is 0.688. The van der Waals surface area contributed by atoms with Gasteiger partial charge in [-0.3, -0.25) is 4.79 Å². The van der Waals surface area contributed by atoms with Crippen LogP contribution in [0.15, 0.2) is 6.07 Å². The summed E-state index contributed by atoms with van der Waals surface area (Å²) in [7, 11) is 3.84. The number of carbonyl (C=O) groups is 1. The van der Waals surface area contributed by atoms with Gasteiger partial charge >= 0.3 is 5.97 Å². The van der Waals surface area contributed by atoms with Crippen LogP contribution in [0.2, 0.25) is 0 Å². The highest BCUT2D eigenvalue weighted by atomic mass is 16.4. The number of hydrogen-bond donors (Lipinski definition) is 1. The number of piperidine rings is 1. The van der Waals surface area contributed by atoms with Gasteiger partial charge in [0.2, 0.25) is 5.95 Å². The van der Waals surface area contributed by atoms with Crippen LogP contribution in [0.1, 0.15) is 38.8 Å². The Morgan fingerprint density at radius 2 is 2.09 bits per heavy atom. The summed E-state index contributed by atoms with van der Waals surface area (Å²) < 4.78 is 0. The number of carboxylic acid groups (broad SMARTS) is 1. The lowest BCUT2D eigenvalue weighted by Gasteiger charge is -2.36. The zero-order valence-electron chi connectivity index (χ0n) is 14.1. The van der Waals surface area contributed by atoms with Crippen molar-refractivity contribution < 1.29 is 9.90 Å². The zero-order valence-corrected chi connectivity index (χ0v) is 14.1. The number of nitrogens with zero attached hydrogens (tertiary/aromatic N) is 4. The van der Waals surface area contributed by atoms with E-state index >= 15 is 0 Å². The van der Waals surface area contributed by atoms with Crippen LogP contribution >= 0.6 is 0 Å². The second kappa shape index (κ2) is 6.50. The van der Waals surface area contributed by atoms with Crippen LogP contribution in [0.4, 0.5) is 11.8 Å². The topological polar surface area (TPSA) is 69.6 Å². The van der Waals surface area contributed by atoms with Crippen molar-refractivity contribution in [1.29, 1.82) is 0 Å². The lowest BCUT2D eigenvalue weighted by atomic mass is 9.87. The maximum atomic E-state index is 11.4. The summed E-state index contributed by atoms with van der Waals surface area (Å²) >= 11 is 0. The van der Waals surface area contributed by atoms with E-state index in [1.165, 1.54) is 0 Å². The average Bonchev–Trinajstić information content (AvgIpc) is 2.46. The largest absolute Gasteiger partial charge is 0.481 e. The zero-order chi connectivity index (χ0) is 16.4. The minimum absolute atomic E-state index is 0.202. The molecule has 0 aliphatic carbocycles. The molecule has 0 spiro atoms. The molecule has 1 aromatic heterocycles. The summed E-state index contributed by atoms with van der Waals surface area (Å²) in [4.78, 5) is 24.6. The summed E-state index contributed by atoms with van der Waals surface area (Å²) in [5.74, 6) is 0.956. The maximum absolute atomic E-state index is 11.4. The third-order valence-electron chi connectivity index (χ3n) is 4.31. The number of hydrogen-bond acceptors (Lipinski definition) is 5. The van der Waals surface area contributed by atoms with Gasteiger partial charge in [0, 0.05) is 33.3 Å². The Bertz CT molecular complexity index is 519. The van der Waals surface area contributed by atoms with Gasteiger partial charge in [0.15, 0.2) is 0 Å². The van der Waals surface area contributed by atoms with Crippen molar-refractivity contribution in [3.63, 3.8) is 0 Å². The summed E-state index contributed by atoms with van der Waals surface area (Å²) in [6, 6.07) is 1.99. The summed E-state index contributed by atoms with van der Waals surface area (Å²) in [5, 5.41) is 9.39. The molecule has 1 fully saturated rings. The van der Waals surface area contributed by atoms with Crippen molar-refractivity contribution in [2.45, 2.75) is 33.1 Å². The van der Waals surface area contributed by atoms with E-state index in [4.69, 9.17) is 0 Å². The highest BCUT2D eigenvalue weighted by molar-refractivity contribution is 5.71. The quantitative estimate of drug-likeness (QED) is 0.920. The molecular formula is C16H26N4O2. The van der Waals surface area contributed by atoms with Crippen LogP contribution in [0.5, 0.6) is 0 Å². The molecule has 6 nitrogen and oxygen atoms in total. The van der Waals surface area contributed by atoms with E-state index in [0.29, 0.717) is 18.4 Å². The molecule has 0 saturated carbocycles. The first kappa shape index (κ1) is 16.5. The van der Waals surface area contributed by atoms with Gasteiger partial charge < -0.3 is 14.9 Å². The molecule has 1 aliphatic rings. The monoisotopic (exact) mass is 306 g/mol. The molecule has 1 N–H and O–H groups in total. The van der Waals surface area contributed by atoms with Crippen molar-refractivity contribution in [2.75, 3.05) is 37.0 Å². The molecule has 1 saturated heterocycles. The standard InChI is InChI=1S/C16H26N4O2/c1-10(2)13-8-14(18-16(17-13)19(4)5)20-7-6-11(3)12(9-20)15(21)22/h8,10-12H,6-7,9H2,1-5H3,(H,21,22). The molecule has 0 aromatic carbocycles. The number of rotatable bonds is 4. The van der Waals surface area contributed by atoms with Crippen molar-refractivity contribution in [1.82, 2.24) is 9.97 Å². The first-order chi connectivity index (χ1) is 10.3. The second-order valence-corrected chi connectivity index (χ2v) is 6.66. The summed E-state index contributed by atoms with van der Waals surface area (Å²) in [6.45, 7) is 7.57. The predicted molar refractivity (Wildman–Crippen MR) is 87.6 cm³/mol. The highest BCUT2D eigenvalue weighted by Crippen LogP contribution is 2.28. The van der Waals surface area contributed by atoms with Gasteiger partial charge in [-0.2, -0.15) is 4.98 Å². The van der Waals surface area contributed by atoms with Crippen LogP contribution in [0.25, 0.3) is 0 Å². The van der Waals surface area contributed by atoms with Gasteiger partial charge in [-0.1, -0.05) is 20.8 Å². The highest BCUT2D eigenvalue weighted by Gasteiger charge is 2.32. The molecule has 6 heteroatoms. The van der Waals surface area contributed by atoms with Crippen LogP contribution in [0.3, 0.4) is 0 Å².